The largest absolute Gasteiger partial charge is 0.331 e. The molecule has 0 aliphatic heterocycles. The Morgan fingerprint density at radius 2 is 1.74 bits per heavy atom. The summed E-state index contributed by atoms with van der Waals surface area (Å²) in [6.07, 6.45) is 0. The number of carbonyl (C=O) groups excluding carboxylic acids is 1. The van der Waals surface area contributed by atoms with Crippen molar-refractivity contribution in [2.45, 2.75) is 4.90 Å². The summed E-state index contributed by atoms with van der Waals surface area (Å²) in [5, 5.41) is 0.678. The monoisotopic (exact) mass is 292 g/mol. The number of halogens is 1. The number of nitrogens with one attached hydrogen (secondary N) is 1. The van der Waals surface area contributed by atoms with Crippen LogP contribution in [-0.2, 0) is 0 Å². The van der Waals surface area contributed by atoms with Crippen LogP contribution in [0.4, 0.5) is 10.5 Å². The van der Waals surface area contributed by atoms with E-state index in [2.05, 4.69) is 4.72 Å². The summed E-state index contributed by atoms with van der Waals surface area (Å²) >= 11 is 7.06. The first-order chi connectivity index (χ1) is 9.16. The van der Waals surface area contributed by atoms with E-state index in [0.29, 0.717) is 5.02 Å². The number of para-hydroxylation sites is 1. The number of benzene rings is 2. The van der Waals surface area contributed by atoms with Crippen LogP contribution in [0, 0.1) is 0 Å². The SMILES string of the molecule is CN(C(=O)NSc1ccc(Cl)cc1)c1ccccc1. The van der Waals surface area contributed by atoms with Crippen molar-refractivity contribution in [1.29, 1.82) is 0 Å². The molecule has 0 spiro atoms. The minimum absolute atomic E-state index is 0.175. The highest BCUT2D eigenvalue weighted by Gasteiger charge is 2.10. The summed E-state index contributed by atoms with van der Waals surface area (Å²) in [6, 6.07) is 16.6. The second kappa shape index (κ2) is 6.50. The normalized spacial score (nSPS) is 10.0. The van der Waals surface area contributed by atoms with E-state index in [9.17, 15) is 4.79 Å². The molecule has 0 aliphatic rings. The average molecular weight is 293 g/mol. The molecule has 0 unspecified atom stereocenters. The summed E-state index contributed by atoms with van der Waals surface area (Å²) < 4.78 is 2.78. The average Bonchev–Trinajstić information content (AvgIpc) is 2.46. The third-order valence-electron chi connectivity index (χ3n) is 2.52. The summed E-state index contributed by atoms with van der Waals surface area (Å²) in [7, 11) is 1.73. The highest BCUT2D eigenvalue weighted by molar-refractivity contribution is 7.98. The van der Waals surface area contributed by atoms with Gasteiger partial charge in [0.2, 0.25) is 0 Å². The molecule has 0 radical (unpaired) electrons. The lowest BCUT2D eigenvalue weighted by atomic mass is 10.3. The maximum atomic E-state index is 12.0. The van der Waals surface area contributed by atoms with Gasteiger partial charge in [-0.15, -0.1) is 0 Å². The Hall–Kier alpha value is -1.65. The zero-order valence-corrected chi connectivity index (χ0v) is 11.9. The number of amides is 2. The van der Waals surface area contributed by atoms with Gasteiger partial charge in [0.25, 0.3) is 0 Å². The van der Waals surface area contributed by atoms with Gasteiger partial charge >= 0.3 is 6.03 Å². The molecule has 0 heterocycles. The van der Waals surface area contributed by atoms with Crippen LogP contribution < -0.4 is 9.62 Å². The molecule has 98 valence electrons. The summed E-state index contributed by atoms with van der Waals surface area (Å²) in [5.41, 5.74) is 0.844. The summed E-state index contributed by atoms with van der Waals surface area (Å²) in [4.78, 5) is 14.4. The van der Waals surface area contributed by atoms with E-state index in [1.54, 1.807) is 24.1 Å². The van der Waals surface area contributed by atoms with Crippen LogP contribution in [0.15, 0.2) is 59.5 Å². The summed E-state index contributed by atoms with van der Waals surface area (Å²) in [5.74, 6) is 0. The van der Waals surface area contributed by atoms with E-state index in [0.717, 1.165) is 10.6 Å². The molecule has 2 aromatic carbocycles. The van der Waals surface area contributed by atoms with Gasteiger partial charge in [0, 0.05) is 22.7 Å². The molecular formula is C14H13ClN2OS. The molecule has 2 aromatic rings. The van der Waals surface area contributed by atoms with Crippen molar-refractivity contribution in [1.82, 2.24) is 4.72 Å². The fourth-order valence-electron chi connectivity index (χ4n) is 1.44. The number of nitrogens with zero attached hydrogens (tertiary/aromatic N) is 1. The molecular weight excluding hydrogens is 280 g/mol. The van der Waals surface area contributed by atoms with Crippen molar-refractivity contribution in [3.63, 3.8) is 0 Å². The molecule has 0 aliphatic carbocycles. The van der Waals surface area contributed by atoms with Crippen LogP contribution in [0.1, 0.15) is 0 Å². The highest BCUT2D eigenvalue weighted by atomic mass is 35.5. The van der Waals surface area contributed by atoms with Crippen molar-refractivity contribution < 1.29 is 4.79 Å². The van der Waals surface area contributed by atoms with Gasteiger partial charge in [-0.2, -0.15) is 0 Å². The second-order valence-electron chi connectivity index (χ2n) is 3.86. The molecule has 1 N–H and O–H groups in total. The number of hydrogen-bond donors (Lipinski definition) is 1. The van der Waals surface area contributed by atoms with Crippen LogP contribution in [-0.4, -0.2) is 13.1 Å². The Balaban J connectivity index is 1.93. The minimum Gasteiger partial charge on any atom is -0.297 e. The minimum atomic E-state index is -0.175. The van der Waals surface area contributed by atoms with Crippen molar-refractivity contribution in [3.8, 4) is 0 Å². The predicted octanol–water partition coefficient (Wildman–Crippen LogP) is 4.19. The van der Waals surface area contributed by atoms with Gasteiger partial charge in [0.1, 0.15) is 0 Å². The molecule has 0 bridgehead atoms. The Bertz CT molecular complexity index is 545. The number of carbonyl (C=O) groups is 1. The van der Waals surface area contributed by atoms with Crippen LogP contribution in [0.25, 0.3) is 0 Å². The van der Waals surface area contributed by atoms with Crippen LogP contribution in [0.3, 0.4) is 0 Å². The van der Waals surface area contributed by atoms with Gasteiger partial charge in [-0.1, -0.05) is 29.8 Å². The van der Waals surface area contributed by atoms with Crippen molar-refractivity contribution in [2.24, 2.45) is 0 Å². The van der Waals surface area contributed by atoms with Gasteiger partial charge in [-0.05, 0) is 48.3 Å². The fourth-order valence-corrected chi connectivity index (χ4v) is 2.18. The lowest BCUT2D eigenvalue weighted by Crippen LogP contribution is -2.33. The van der Waals surface area contributed by atoms with E-state index >= 15 is 0 Å². The van der Waals surface area contributed by atoms with Crippen molar-refractivity contribution in [2.75, 3.05) is 11.9 Å². The molecule has 5 heteroatoms. The Morgan fingerprint density at radius 1 is 1.11 bits per heavy atom. The number of rotatable bonds is 3. The van der Waals surface area contributed by atoms with E-state index in [-0.39, 0.29) is 6.03 Å². The van der Waals surface area contributed by atoms with E-state index < -0.39 is 0 Å². The third kappa shape index (κ3) is 3.91. The van der Waals surface area contributed by atoms with Gasteiger partial charge in [0.05, 0.1) is 0 Å². The third-order valence-corrected chi connectivity index (χ3v) is 3.55. The first-order valence-corrected chi connectivity index (χ1v) is 6.87. The standard InChI is InChI=1S/C14H13ClN2OS/c1-17(12-5-3-2-4-6-12)14(18)16-19-13-9-7-11(15)8-10-13/h2-10H,1H3,(H,16,18). The van der Waals surface area contributed by atoms with Gasteiger partial charge in [0.15, 0.2) is 0 Å². The zero-order valence-electron chi connectivity index (χ0n) is 10.3. The van der Waals surface area contributed by atoms with Crippen molar-refractivity contribution in [3.05, 3.63) is 59.6 Å². The molecule has 2 amide bonds. The lowest BCUT2D eigenvalue weighted by molar-refractivity contribution is 0.253. The predicted molar refractivity (Wildman–Crippen MR) is 80.7 cm³/mol. The molecule has 0 saturated carbocycles. The number of urea groups is 1. The number of anilines is 1. The first-order valence-electron chi connectivity index (χ1n) is 5.68. The van der Waals surface area contributed by atoms with E-state index in [1.165, 1.54) is 11.9 Å². The zero-order chi connectivity index (χ0) is 13.7. The first kappa shape index (κ1) is 13.8. The maximum absolute atomic E-state index is 12.0. The quantitative estimate of drug-likeness (QED) is 0.860. The van der Waals surface area contributed by atoms with Crippen LogP contribution in [0.2, 0.25) is 5.02 Å². The maximum Gasteiger partial charge on any atom is 0.331 e. The second-order valence-corrected chi connectivity index (χ2v) is 5.17. The van der Waals surface area contributed by atoms with E-state index in [4.69, 9.17) is 11.6 Å². The van der Waals surface area contributed by atoms with Gasteiger partial charge in [-0.3, -0.25) is 9.62 Å². The Labute approximate surface area is 121 Å². The van der Waals surface area contributed by atoms with Crippen molar-refractivity contribution >= 4 is 35.3 Å². The molecule has 3 nitrogen and oxygen atoms in total. The molecule has 0 aromatic heterocycles. The van der Waals surface area contributed by atoms with Gasteiger partial charge in [-0.25, -0.2) is 4.79 Å². The van der Waals surface area contributed by atoms with Crippen LogP contribution >= 0.6 is 23.5 Å². The number of hydrogen-bond acceptors (Lipinski definition) is 2. The highest BCUT2D eigenvalue weighted by Crippen LogP contribution is 2.19. The fraction of sp³-hybridized carbons (Fsp3) is 0.0714. The van der Waals surface area contributed by atoms with Gasteiger partial charge < -0.3 is 0 Å². The Kier molecular flexibility index (Phi) is 4.71. The topological polar surface area (TPSA) is 32.3 Å². The Morgan fingerprint density at radius 3 is 2.37 bits per heavy atom. The molecule has 0 saturated heterocycles. The molecule has 2 rings (SSSR count). The van der Waals surface area contributed by atoms with E-state index in [1.807, 2.05) is 42.5 Å². The lowest BCUT2D eigenvalue weighted by Gasteiger charge is -2.17. The molecule has 19 heavy (non-hydrogen) atoms. The smallest absolute Gasteiger partial charge is 0.297 e. The summed E-state index contributed by atoms with van der Waals surface area (Å²) in [6.45, 7) is 0. The van der Waals surface area contributed by atoms with Crippen LogP contribution in [0.5, 0.6) is 0 Å². The molecule has 0 atom stereocenters. The molecule has 0 fully saturated rings.